The number of amides is 2. The Bertz CT molecular complexity index is 801. The lowest BCUT2D eigenvalue weighted by molar-refractivity contribution is -0.895. The van der Waals surface area contributed by atoms with Crippen molar-refractivity contribution in [2.24, 2.45) is 0 Å². The second-order valence-corrected chi connectivity index (χ2v) is 6.73. The van der Waals surface area contributed by atoms with Crippen LogP contribution in [0.5, 0.6) is 5.75 Å². The highest BCUT2D eigenvalue weighted by Gasteiger charge is 2.26. The number of hydrogen-bond acceptors (Lipinski definition) is 3. The van der Waals surface area contributed by atoms with E-state index in [2.05, 4.69) is 5.32 Å². The van der Waals surface area contributed by atoms with Crippen LogP contribution in [0, 0.1) is 5.82 Å². The van der Waals surface area contributed by atoms with E-state index in [1.54, 1.807) is 24.3 Å². The zero-order valence-corrected chi connectivity index (χ0v) is 15.9. The lowest BCUT2D eigenvalue weighted by atomic mass is 10.1. The monoisotopic (exact) mass is 386 g/mol. The SMILES string of the molecule is CCOc1ccc(C(=O)N2CC[NH+](CC(=O)Nc3ccc(F)cc3)CC2)cc1. The molecule has 0 bridgehead atoms. The number of benzene rings is 2. The van der Waals surface area contributed by atoms with Crippen molar-refractivity contribution < 1.29 is 23.6 Å². The molecule has 6 nitrogen and oxygen atoms in total. The molecule has 7 heteroatoms. The Kier molecular flexibility index (Phi) is 6.60. The third kappa shape index (κ3) is 5.29. The van der Waals surface area contributed by atoms with E-state index in [9.17, 15) is 14.0 Å². The van der Waals surface area contributed by atoms with Gasteiger partial charge < -0.3 is 19.9 Å². The van der Waals surface area contributed by atoms with Crippen LogP contribution in [0.3, 0.4) is 0 Å². The summed E-state index contributed by atoms with van der Waals surface area (Å²) in [7, 11) is 0. The standard InChI is InChI=1S/C21H24FN3O3/c1-2-28-19-9-3-16(4-10-19)21(27)25-13-11-24(12-14-25)15-20(26)23-18-7-5-17(22)6-8-18/h3-10H,2,11-15H2,1H3,(H,23,26)/p+1. The van der Waals surface area contributed by atoms with Gasteiger partial charge in [-0.25, -0.2) is 4.39 Å². The van der Waals surface area contributed by atoms with Crippen molar-refractivity contribution in [2.45, 2.75) is 6.92 Å². The quantitative estimate of drug-likeness (QED) is 0.784. The zero-order chi connectivity index (χ0) is 19.9. The van der Waals surface area contributed by atoms with Gasteiger partial charge in [0, 0.05) is 11.3 Å². The number of ether oxygens (including phenoxy) is 1. The molecular weight excluding hydrogens is 361 g/mol. The molecule has 0 aromatic heterocycles. The third-order valence-corrected chi connectivity index (χ3v) is 4.71. The van der Waals surface area contributed by atoms with Crippen molar-refractivity contribution in [3.05, 3.63) is 59.9 Å². The summed E-state index contributed by atoms with van der Waals surface area (Å²) in [6, 6.07) is 12.9. The first-order chi connectivity index (χ1) is 13.5. The highest BCUT2D eigenvalue weighted by atomic mass is 19.1. The lowest BCUT2D eigenvalue weighted by Crippen LogP contribution is -3.15. The molecule has 0 saturated carbocycles. The summed E-state index contributed by atoms with van der Waals surface area (Å²) in [5, 5.41) is 2.77. The van der Waals surface area contributed by atoms with Gasteiger partial charge in [0.1, 0.15) is 11.6 Å². The van der Waals surface area contributed by atoms with Crippen LogP contribution < -0.4 is 15.0 Å². The van der Waals surface area contributed by atoms with Gasteiger partial charge in [0.2, 0.25) is 0 Å². The summed E-state index contributed by atoms with van der Waals surface area (Å²) in [6.45, 7) is 5.45. The van der Waals surface area contributed by atoms with Gasteiger partial charge in [0.15, 0.2) is 6.54 Å². The Morgan fingerprint density at radius 3 is 2.32 bits per heavy atom. The molecule has 1 saturated heterocycles. The van der Waals surface area contributed by atoms with E-state index in [4.69, 9.17) is 4.74 Å². The smallest absolute Gasteiger partial charge is 0.279 e. The van der Waals surface area contributed by atoms with Crippen LogP contribution in [-0.4, -0.2) is 56.0 Å². The second kappa shape index (κ2) is 9.32. The molecule has 28 heavy (non-hydrogen) atoms. The number of carbonyl (C=O) groups excluding carboxylic acids is 2. The van der Waals surface area contributed by atoms with Gasteiger partial charge in [0.25, 0.3) is 11.8 Å². The summed E-state index contributed by atoms with van der Waals surface area (Å²) >= 11 is 0. The summed E-state index contributed by atoms with van der Waals surface area (Å²) in [6.07, 6.45) is 0. The van der Waals surface area contributed by atoms with Crippen molar-refractivity contribution in [1.29, 1.82) is 0 Å². The maximum absolute atomic E-state index is 12.9. The van der Waals surface area contributed by atoms with Gasteiger partial charge in [-0.05, 0) is 55.5 Å². The molecule has 2 aromatic rings. The fourth-order valence-electron chi connectivity index (χ4n) is 3.21. The second-order valence-electron chi connectivity index (χ2n) is 6.73. The summed E-state index contributed by atoms with van der Waals surface area (Å²) in [5.74, 6) is 0.295. The molecule has 1 fully saturated rings. The van der Waals surface area contributed by atoms with Crippen LogP contribution in [0.2, 0.25) is 0 Å². The van der Waals surface area contributed by atoms with E-state index in [1.165, 1.54) is 24.3 Å². The van der Waals surface area contributed by atoms with Gasteiger partial charge in [0.05, 0.1) is 32.8 Å². The van der Waals surface area contributed by atoms with E-state index in [0.717, 1.165) is 10.6 Å². The third-order valence-electron chi connectivity index (χ3n) is 4.71. The predicted molar refractivity (Wildman–Crippen MR) is 104 cm³/mol. The number of hydrogen-bond donors (Lipinski definition) is 2. The Morgan fingerprint density at radius 1 is 1.07 bits per heavy atom. The van der Waals surface area contributed by atoms with Crippen LogP contribution in [0.1, 0.15) is 17.3 Å². The van der Waals surface area contributed by atoms with Gasteiger partial charge >= 0.3 is 0 Å². The normalized spacial score (nSPS) is 14.6. The molecule has 2 N–H and O–H groups in total. The number of rotatable bonds is 6. The Hall–Kier alpha value is -2.93. The molecule has 2 amide bonds. The van der Waals surface area contributed by atoms with E-state index in [1.807, 2.05) is 11.8 Å². The Morgan fingerprint density at radius 2 is 1.71 bits per heavy atom. The Balaban J connectivity index is 1.46. The predicted octanol–water partition coefficient (Wildman–Crippen LogP) is 1.20. The number of halogens is 1. The minimum atomic E-state index is -0.336. The zero-order valence-electron chi connectivity index (χ0n) is 15.9. The lowest BCUT2D eigenvalue weighted by Gasteiger charge is -2.32. The summed E-state index contributed by atoms with van der Waals surface area (Å²) in [4.78, 5) is 27.7. The first-order valence-corrected chi connectivity index (χ1v) is 9.46. The molecule has 0 atom stereocenters. The summed E-state index contributed by atoms with van der Waals surface area (Å²) < 4.78 is 18.3. The van der Waals surface area contributed by atoms with Crippen LogP contribution in [0.4, 0.5) is 10.1 Å². The molecular formula is C21H25FN3O3+. The average molecular weight is 386 g/mol. The van der Waals surface area contributed by atoms with Gasteiger partial charge in [-0.1, -0.05) is 0 Å². The van der Waals surface area contributed by atoms with Crippen molar-refractivity contribution in [3.63, 3.8) is 0 Å². The number of anilines is 1. The molecule has 2 aromatic carbocycles. The molecule has 3 rings (SSSR count). The Labute approximate surface area is 163 Å². The van der Waals surface area contributed by atoms with E-state index >= 15 is 0 Å². The molecule has 148 valence electrons. The van der Waals surface area contributed by atoms with Crippen LogP contribution in [-0.2, 0) is 4.79 Å². The molecule has 1 aliphatic heterocycles. The van der Waals surface area contributed by atoms with Crippen molar-refractivity contribution in [2.75, 3.05) is 44.6 Å². The van der Waals surface area contributed by atoms with Gasteiger partial charge in [-0.15, -0.1) is 0 Å². The molecule has 1 aliphatic rings. The van der Waals surface area contributed by atoms with Gasteiger partial charge in [-0.3, -0.25) is 9.59 Å². The highest BCUT2D eigenvalue weighted by molar-refractivity contribution is 5.94. The number of nitrogens with one attached hydrogen (secondary N) is 2. The fourth-order valence-corrected chi connectivity index (χ4v) is 3.21. The minimum Gasteiger partial charge on any atom is -0.494 e. The van der Waals surface area contributed by atoms with E-state index in [0.29, 0.717) is 50.6 Å². The number of quaternary nitrogens is 1. The highest BCUT2D eigenvalue weighted by Crippen LogP contribution is 2.14. The molecule has 1 heterocycles. The maximum atomic E-state index is 12.9. The minimum absolute atomic E-state index is 0.00198. The van der Waals surface area contributed by atoms with Crippen LogP contribution in [0.25, 0.3) is 0 Å². The van der Waals surface area contributed by atoms with Gasteiger partial charge in [-0.2, -0.15) is 0 Å². The fraction of sp³-hybridized carbons (Fsp3) is 0.333. The number of carbonyl (C=O) groups is 2. The molecule has 0 spiro atoms. The van der Waals surface area contributed by atoms with Crippen LogP contribution >= 0.6 is 0 Å². The first kappa shape index (κ1) is 19.8. The van der Waals surface area contributed by atoms with E-state index in [-0.39, 0.29) is 17.6 Å². The van der Waals surface area contributed by atoms with Crippen molar-refractivity contribution in [1.82, 2.24) is 4.90 Å². The maximum Gasteiger partial charge on any atom is 0.279 e. The first-order valence-electron chi connectivity index (χ1n) is 9.46. The average Bonchev–Trinajstić information content (AvgIpc) is 2.71. The number of nitrogens with zero attached hydrogens (tertiary/aromatic N) is 1. The molecule has 0 unspecified atom stereocenters. The summed E-state index contributed by atoms with van der Waals surface area (Å²) in [5.41, 5.74) is 1.22. The van der Waals surface area contributed by atoms with E-state index < -0.39 is 0 Å². The van der Waals surface area contributed by atoms with Crippen molar-refractivity contribution >= 4 is 17.5 Å². The topological polar surface area (TPSA) is 63.1 Å². The number of piperazine rings is 1. The molecule has 0 aliphatic carbocycles. The van der Waals surface area contributed by atoms with Crippen LogP contribution in [0.15, 0.2) is 48.5 Å². The van der Waals surface area contributed by atoms with Crippen molar-refractivity contribution in [3.8, 4) is 5.75 Å². The largest absolute Gasteiger partial charge is 0.494 e. The molecule has 0 radical (unpaired) electrons.